The van der Waals surface area contributed by atoms with Gasteiger partial charge in [0.1, 0.15) is 17.9 Å². The van der Waals surface area contributed by atoms with Gasteiger partial charge >= 0.3 is 0 Å². The van der Waals surface area contributed by atoms with Gasteiger partial charge in [0.2, 0.25) is 10.0 Å². The Labute approximate surface area is 189 Å². The molecule has 0 unspecified atom stereocenters. The summed E-state index contributed by atoms with van der Waals surface area (Å²) in [5.41, 5.74) is 2.65. The largest absolute Gasteiger partial charge is 0.494 e. The van der Waals surface area contributed by atoms with Crippen LogP contribution in [0.15, 0.2) is 72.4 Å². The van der Waals surface area contributed by atoms with Gasteiger partial charge < -0.3 is 9.64 Å². The summed E-state index contributed by atoms with van der Waals surface area (Å²) in [7, 11) is -3.47. The number of aromatic nitrogens is 2. The van der Waals surface area contributed by atoms with Crippen molar-refractivity contribution in [1.82, 2.24) is 14.3 Å². The molecular weight excluding hydrogens is 424 g/mol. The second-order valence-corrected chi connectivity index (χ2v) is 9.18. The molecule has 3 aromatic rings. The Morgan fingerprint density at radius 1 is 0.969 bits per heavy atom. The zero-order chi connectivity index (χ0) is 22.4. The van der Waals surface area contributed by atoms with Crippen LogP contribution in [-0.4, -0.2) is 55.5 Å². The molecule has 1 aliphatic rings. The van der Waals surface area contributed by atoms with Crippen LogP contribution in [0.25, 0.3) is 17.3 Å². The first-order valence-electron chi connectivity index (χ1n) is 10.6. The molecule has 0 amide bonds. The van der Waals surface area contributed by atoms with Crippen LogP contribution in [0.4, 0.5) is 5.82 Å². The van der Waals surface area contributed by atoms with Crippen molar-refractivity contribution in [2.75, 3.05) is 37.7 Å². The standard InChI is InChI=1S/C24H26N4O3S/c1-2-31-22-10-8-21(9-11-22)23-18-24(26-19-25-23)27-13-15-28(16-14-27)32(29,30)17-12-20-6-4-3-5-7-20/h3-12,17-19H,2,13-16H2,1H3/b17-12+. The summed E-state index contributed by atoms with van der Waals surface area (Å²) in [5, 5.41) is 1.28. The smallest absolute Gasteiger partial charge is 0.236 e. The van der Waals surface area contributed by atoms with Gasteiger partial charge in [-0.15, -0.1) is 0 Å². The van der Waals surface area contributed by atoms with Gasteiger partial charge in [-0.1, -0.05) is 30.3 Å². The summed E-state index contributed by atoms with van der Waals surface area (Å²) in [5.74, 6) is 1.62. The molecule has 0 bridgehead atoms. The normalized spacial score (nSPS) is 15.2. The maximum atomic E-state index is 12.7. The number of hydrogen-bond acceptors (Lipinski definition) is 6. The van der Waals surface area contributed by atoms with Crippen molar-refractivity contribution < 1.29 is 13.2 Å². The van der Waals surface area contributed by atoms with E-state index in [1.54, 1.807) is 12.4 Å². The number of ether oxygens (including phenoxy) is 1. The molecule has 4 rings (SSSR count). The third-order valence-electron chi connectivity index (χ3n) is 5.27. The van der Waals surface area contributed by atoms with Gasteiger partial charge in [0.25, 0.3) is 0 Å². The van der Waals surface area contributed by atoms with Crippen molar-refractivity contribution in [2.45, 2.75) is 6.92 Å². The van der Waals surface area contributed by atoms with E-state index in [-0.39, 0.29) is 0 Å². The zero-order valence-electron chi connectivity index (χ0n) is 18.0. The SMILES string of the molecule is CCOc1ccc(-c2cc(N3CCN(S(=O)(=O)/C=C/c4ccccc4)CC3)ncn2)cc1. The Morgan fingerprint density at radius 2 is 1.69 bits per heavy atom. The van der Waals surface area contributed by atoms with Crippen LogP contribution in [-0.2, 0) is 10.0 Å². The van der Waals surface area contributed by atoms with Crippen LogP contribution in [0.5, 0.6) is 5.75 Å². The van der Waals surface area contributed by atoms with Gasteiger partial charge in [0, 0.05) is 43.2 Å². The third kappa shape index (κ3) is 5.33. The number of sulfonamides is 1. The second-order valence-electron chi connectivity index (χ2n) is 7.36. The lowest BCUT2D eigenvalue weighted by Crippen LogP contribution is -2.48. The van der Waals surface area contributed by atoms with Gasteiger partial charge in [-0.2, -0.15) is 4.31 Å². The predicted octanol–water partition coefficient (Wildman–Crippen LogP) is 3.67. The fraction of sp³-hybridized carbons (Fsp3) is 0.250. The zero-order valence-corrected chi connectivity index (χ0v) is 18.8. The van der Waals surface area contributed by atoms with Crippen molar-refractivity contribution in [3.05, 3.63) is 78.0 Å². The molecule has 32 heavy (non-hydrogen) atoms. The van der Waals surface area contributed by atoms with E-state index in [1.807, 2.05) is 67.6 Å². The van der Waals surface area contributed by atoms with Gasteiger partial charge in [-0.05, 0) is 42.8 Å². The second kappa shape index (κ2) is 9.93. The highest BCUT2D eigenvalue weighted by Crippen LogP contribution is 2.24. The van der Waals surface area contributed by atoms with Crippen LogP contribution in [0.3, 0.4) is 0 Å². The molecule has 1 fully saturated rings. The molecule has 7 nitrogen and oxygen atoms in total. The van der Waals surface area contributed by atoms with Crippen molar-refractivity contribution in [3.63, 3.8) is 0 Å². The molecule has 0 atom stereocenters. The molecule has 1 aromatic heterocycles. The topological polar surface area (TPSA) is 75.6 Å². The molecule has 166 valence electrons. The van der Waals surface area contributed by atoms with Crippen LogP contribution >= 0.6 is 0 Å². The molecule has 0 aliphatic carbocycles. The first-order valence-corrected chi connectivity index (χ1v) is 12.1. The summed E-state index contributed by atoms with van der Waals surface area (Å²) in [6.45, 7) is 4.53. The van der Waals surface area contributed by atoms with E-state index in [0.717, 1.165) is 28.4 Å². The van der Waals surface area contributed by atoms with E-state index in [2.05, 4.69) is 14.9 Å². The maximum absolute atomic E-state index is 12.7. The van der Waals surface area contributed by atoms with Gasteiger partial charge in [0.05, 0.1) is 12.3 Å². The highest BCUT2D eigenvalue weighted by atomic mass is 32.2. The lowest BCUT2D eigenvalue weighted by atomic mass is 10.1. The Hall–Kier alpha value is -3.23. The van der Waals surface area contributed by atoms with Gasteiger partial charge in [-0.3, -0.25) is 0 Å². The highest BCUT2D eigenvalue weighted by molar-refractivity contribution is 7.92. The lowest BCUT2D eigenvalue weighted by molar-refractivity contribution is 0.340. The monoisotopic (exact) mass is 450 g/mol. The van der Waals surface area contributed by atoms with Crippen LogP contribution in [0.1, 0.15) is 12.5 Å². The number of nitrogens with zero attached hydrogens (tertiary/aromatic N) is 4. The molecule has 0 N–H and O–H groups in total. The van der Waals surface area contributed by atoms with E-state index < -0.39 is 10.0 Å². The minimum absolute atomic E-state index is 0.407. The molecule has 2 heterocycles. The average molecular weight is 451 g/mol. The Morgan fingerprint density at radius 3 is 2.38 bits per heavy atom. The summed E-state index contributed by atoms with van der Waals surface area (Å²) in [4.78, 5) is 10.9. The van der Waals surface area contributed by atoms with E-state index in [4.69, 9.17) is 4.74 Å². The first kappa shape index (κ1) is 22.0. The lowest BCUT2D eigenvalue weighted by Gasteiger charge is -2.34. The summed E-state index contributed by atoms with van der Waals surface area (Å²) in [6, 6.07) is 19.2. The summed E-state index contributed by atoms with van der Waals surface area (Å²) in [6.07, 6.45) is 3.18. The maximum Gasteiger partial charge on any atom is 0.236 e. The van der Waals surface area contributed by atoms with Gasteiger partial charge in [-0.25, -0.2) is 18.4 Å². The predicted molar refractivity (Wildman–Crippen MR) is 127 cm³/mol. The molecule has 1 saturated heterocycles. The van der Waals surface area contributed by atoms with E-state index in [0.29, 0.717) is 32.8 Å². The van der Waals surface area contributed by atoms with E-state index >= 15 is 0 Å². The number of hydrogen-bond donors (Lipinski definition) is 0. The Kier molecular flexibility index (Phi) is 6.82. The van der Waals surface area contributed by atoms with Crippen molar-refractivity contribution in [1.29, 1.82) is 0 Å². The number of rotatable bonds is 7. The van der Waals surface area contributed by atoms with Crippen LogP contribution < -0.4 is 9.64 Å². The number of piperazine rings is 1. The Balaban J connectivity index is 1.41. The highest BCUT2D eigenvalue weighted by Gasteiger charge is 2.25. The van der Waals surface area contributed by atoms with Crippen LogP contribution in [0.2, 0.25) is 0 Å². The fourth-order valence-corrected chi connectivity index (χ4v) is 4.73. The molecular formula is C24H26N4O3S. The fourth-order valence-electron chi connectivity index (χ4n) is 3.55. The molecule has 0 saturated carbocycles. The Bertz CT molecular complexity index is 1160. The number of benzene rings is 2. The minimum atomic E-state index is -3.47. The van der Waals surface area contributed by atoms with Crippen molar-refractivity contribution >= 4 is 21.9 Å². The third-order valence-corrected chi connectivity index (χ3v) is 6.83. The summed E-state index contributed by atoms with van der Waals surface area (Å²) >= 11 is 0. The molecule has 2 aromatic carbocycles. The molecule has 0 radical (unpaired) electrons. The first-order chi connectivity index (χ1) is 15.5. The van der Waals surface area contributed by atoms with Gasteiger partial charge in [0.15, 0.2) is 0 Å². The van der Waals surface area contributed by atoms with Crippen molar-refractivity contribution in [2.24, 2.45) is 0 Å². The van der Waals surface area contributed by atoms with Crippen LogP contribution in [0, 0.1) is 0 Å². The molecule has 0 spiro atoms. The van der Waals surface area contributed by atoms with E-state index in [1.165, 1.54) is 9.71 Å². The summed E-state index contributed by atoms with van der Waals surface area (Å²) < 4.78 is 32.4. The quantitative estimate of drug-likeness (QED) is 0.547. The average Bonchev–Trinajstić information content (AvgIpc) is 2.84. The molecule has 1 aliphatic heterocycles. The number of anilines is 1. The molecule has 8 heteroatoms. The minimum Gasteiger partial charge on any atom is -0.494 e. The van der Waals surface area contributed by atoms with Crippen molar-refractivity contribution in [3.8, 4) is 17.0 Å². The van der Waals surface area contributed by atoms with E-state index in [9.17, 15) is 8.42 Å².